The van der Waals surface area contributed by atoms with Crippen molar-refractivity contribution in [3.63, 3.8) is 0 Å². The Labute approximate surface area is 166 Å². The Kier molecular flexibility index (Phi) is 5.79. The Morgan fingerprint density at radius 2 is 1.86 bits per heavy atom. The fourth-order valence-electron chi connectivity index (χ4n) is 2.65. The number of benzene rings is 2. The quantitative estimate of drug-likeness (QED) is 0.635. The molecule has 0 unspecified atom stereocenters. The minimum absolute atomic E-state index is 0.264. The summed E-state index contributed by atoms with van der Waals surface area (Å²) >= 11 is 1.24. The van der Waals surface area contributed by atoms with E-state index < -0.39 is 11.3 Å². The first-order valence-electron chi connectivity index (χ1n) is 8.55. The number of nitrogens with one attached hydrogen (secondary N) is 1. The van der Waals surface area contributed by atoms with Crippen LogP contribution in [-0.4, -0.2) is 28.0 Å². The van der Waals surface area contributed by atoms with Gasteiger partial charge < -0.3 is 10.1 Å². The van der Waals surface area contributed by atoms with Crippen molar-refractivity contribution in [1.29, 1.82) is 0 Å². The van der Waals surface area contributed by atoms with Crippen molar-refractivity contribution in [2.75, 3.05) is 0 Å². The molecule has 0 fully saturated rings. The normalized spacial score (nSPS) is 15.8. The highest BCUT2D eigenvalue weighted by Gasteiger charge is 2.32. The standard InChI is InChI=1S/C20H19N3O4S/c1-12-6-4-8-16(10-12)19(26)27-17-9-5-7-15(11-17)18-23(14(3)25)22-20(28-18)21-13(2)24/h4-11,18H,1-3H3,(H,21,22,24)/t18-/m1/s1. The molecule has 0 radical (unpaired) electrons. The number of amides is 2. The summed E-state index contributed by atoms with van der Waals surface area (Å²) in [5.74, 6) is -0.629. The summed E-state index contributed by atoms with van der Waals surface area (Å²) in [6, 6.07) is 14.0. The highest BCUT2D eigenvalue weighted by molar-refractivity contribution is 8.14. The van der Waals surface area contributed by atoms with Gasteiger partial charge in [0.25, 0.3) is 0 Å². The molecule has 1 heterocycles. The van der Waals surface area contributed by atoms with E-state index in [0.717, 1.165) is 11.1 Å². The van der Waals surface area contributed by atoms with Crippen LogP contribution in [0.3, 0.4) is 0 Å². The van der Waals surface area contributed by atoms with Gasteiger partial charge >= 0.3 is 5.97 Å². The van der Waals surface area contributed by atoms with Gasteiger partial charge in [-0.05, 0) is 36.8 Å². The van der Waals surface area contributed by atoms with Crippen molar-refractivity contribution in [3.8, 4) is 5.75 Å². The summed E-state index contributed by atoms with van der Waals surface area (Å²) in [5.41, 5.74) is 2.14. The van der Waals surface area contributed by atoms with Crippen molar-refractivity contribution < 1.29 is 19.1 Å². The smallest absolute Gasteiger partial charge is 0.343 e. The number of hydrazone groups is 1. The maximum atomic E-state index is 12.4. The van der Waals surface area contributed by atoms with Crippen LogP contribution >= 0.6 is 11.8 Å². The van der Waals surface area contributed by atoms with Gasteiger partial charge in [0.05, 0.1) is 5.56 Å². The number of nitrogens with zero attached hydrogens (tertiary/aromatic N) is 2. The molecule has 28 heavy (non-hydrogen) atoms. The Morgan fingerprint density at radius 3 is 2.54 bits per heavy atom. The predicted octanol–water partition coefficient (Wildman–Crippen LogP) is 3.22. The van der Waals surface area contributed by atoms with Crippen LogP contribution in [0.15, 0.2) is 53.6 Å². The molecule has 1 N–H and O–H groups in total. The molecule has 7 nitrogen and oxygen atoms in total. The third kappa shape index (κ3) is 4.58. The second-order valence-electron chi connectivity index (χ2n) is 6.25. The SMILES string of the molecule is CC(=O)NC1=NN(C(C)=O)[C@@H](c2cccc(OC(=O)c3cccc(C)c3)c2)S1. The molecular weight excluding hydrogens is 378 g/mol. The lowest BCUT2D eigenvalue weighted by atomic mass is 10.1. The van der Waals surface area contributed by atoms with E-state index in [0.29, 0.717) is 16.5 Å². The lowest BCUT2D eigenvalue weighted by molar-refractivity contribution is -0.129. The summed E-state index contributed by atoms with van der Waals surface area (Å²) in [4.78, 5) is 35.6. The molecule has 0 saturated heterocycles. The third-order valence-electron chi connectivity index (χ3n) is 3.86. The maximum absolute atomic E-state index is 12.4. The van der Waals surface area contributed by atoms with Crippen molar-refractivity contribution in [3.05, 3.63) is 65.2 Å². The number of carbonyl (C=O) groups is 3. The van der Waals surface area contributed by atoms with E-state index >= 15 is 0 Å². The number of hydrogen-bond donors (Lipinski definition) is 1. The number of esters is 1. The molecule has 1 aliphatic heterocycles. The van der Waals surface area contributed by atoms with Crippen LogP contribution in [0.1, 0.15) is 40.7 Å². The van der Waals surface area contributed by atoms with Crippen LogP contribution in [0.4, 0.5) is 0 Å². The number of amidine groups is 1. The molecule has 144 valence electrons. The molecule has 1 atom stereocenters. The Morgan fingerprint density at radius 1 is 1.11 bits per heavy atom. The molecule has 1 aliphatic rings. The fraction of sp³-hybridized carbons (Fsp3) is 0.200. The van der Waals surface area contributed by atoms with E-state index in [1.165, 1.54) is 30.6 Å². The number of hydrogen-bond acceptors (Lipinski definition) is 6. The topological polar surface area (TPSA) is 88.1 Å². The number of thioether (sulfide) groups is 1. The van der Waals surface area contributed by atoms with Gasteiger partial charge in [-0.3, -0.25) is 9.59 Å². The summed E-state index contributed by atoms with van der Waals surface area (Å²) in [6.07, 6.45) is 0. The zero-order valence-electron chi connectivity index (χ0n) is 15.6. The van der Waals surface area contributed by atoms with Crippen molar-refractivity contribution >= 4 is 34.7 Å². The zero-order valence-corrected chi connectivity index (χ0v) is 16.4. The summed E-state index contributed by atoms with van der Waals surface area (Å²) < 4.78 is 5.48. The number of ether oxygens (including phenoxy) is 1. The predicted molar refractivity (Wildman–Crippen MR) is 107 cm³/mol. The monoisotopic (exact) mass is 397 g/mol. The van der Waals surface area contributed by atoms with E-state index in [1.54, 1.807) is 36.4 Å². The molecule has 0 aromatic heterocycles. The minimum atomic E-state index is -0.461. The van der Waals surface area contributed by atoms with Gasteiger partial charge in [0.2, 0.25) is 11.8 Å². The van der Waals surface area contributed by atoms with E-state index in [4.69, 9.17) is 4.74 Å². The molecule has 2 aromatic carbocycles. The van der Waals surface area contributed by atoms with Crippen LogP contribution in [0, 0.1) is 6.92 Å². The first-order valence-corrected chi connectivity index (χ1v) is 9.43. The van der Waals surface area contributed by atoms with Gasteiger partial charge in [-0.25, -0.2) is 9.80 Å². The summed E-state index contributed by atoms with van der Waals surface area (Å²) in [7, 11) is 0. The molecule has 8 heteroatoms. The second kappa shape index (κ2) is 8.26. The Bertz CT molecular complexity index is 973. The molecule has 2 aromatic rings. The van der Waals surface area contributed by atoms with E-state index in [1.807, 2.05) is 19.1 Å². The first-order chi connectivity index (χ1) is 13.3. The molecule has 0 saturated carbocycles. The minimum Gasteiger partial charge on any atom is -0.423 e. The molecular formula is C20H19N3O4S. The largest absolute Gasteiger partial charge is 0.423 e. The average molecular weight is 397 g/mol. The molecule has 0 aliphatic carbocycles. The van der Waals surface area contributed by atoms with Gasteiger partial charge in [-0.15, -0.1) is 5.10 Å². The lowest BCUT2D eigenvalue weighted by Crippen LogP contribution is -2.25. The zero-order chi connectivity index (χ0) is 20.3. The second-order valence-corrected chi connectivity index (χ2v) is 7.32. The molecule has 0 spiro atoms. The van der Waals surface area contributed by atoms with Crippen LogP contribution in [0.25, 0.3) is 0 Å². The number of aryl methyl sites for hydroxylation is 1. The van der Waals surface area contributed by atoms with E-state index in [9.17, 15) is 14.4 Å². The van der Waals surface area contributed by atoms with Gasteiger partial charge in [-0.2, -0.15) is 0 Å². The highest BCUT2D eigenvalue weighted by Crippen LogP contribution is 2.39. The van der Waals surface area contributed by atoms with Gasteiger partial charge in [0, 0.05) is 13.8 Å². The van der Waals surface area contributed by atoms with Crippen LogP contribution in [0.2, 0.25) is 0 Å². The van der Waals surface area contributed by atoms with Crippen molar-refractivity contribution in [1.82, 2.24) is 10.3 Å². The van der Waals surface area contributed by atoms with Gasteiger partial charge in [0.15, 0.2) is 5.17 Å². The van der Waals surface area contributed by atoms with E-state index in [2.05, 4.69) is 10.4 Å². The van der Waals surface area contributed by atoms with Crippen LogP contribution < -0.4 is 10.1 Å². The number of rotatable bonds is 3. The molecule has 2 amide bonds. The first kappa shape index (κ1) is 19.6. The van der Waals surface area contributed by atoms with Crippen molar-refractivity contribution in [2.45, 2.75) is 26.1 Å². The fourth-order valence-corrected chi connectivity index (χ4v) is 3.78. The summed E-state index contributed by atoms with van der Waals surface area (Å²) in [6.45, 7) is 4.67. The molecule has 0 bridgehead atoms. The van der Waals surface area contributed by atoms with Gasteiger partial charge in [-0.1, -0.05) is 41.6 Å². The average Bonchev–Trinajstić information content (AvgIpc) is 3.05. The van der Waals surface area contributed by atoms with Gasteiger partial charge in [0.1, 0.15) is 11.1 Å². The van der Waals surface area contributed by atoms with Crippen LogP contribution in [0.5, 0.6) is 5.75 Å². The highest BCUT2D eigenvalue weighted by atomic mass is 32.2. The van der Waals surface area contributed by atoms with Crippen LogP contribution in [-0.2, 0) is 9.59 Å². The van der Waals surface area contributed by atoms with E-state index in [-0.39, 0.29) is 11.8 Å². The Balaban J connectivity index is 1.80. The van der Waals surface area contributed by atoms with Crippen molar-refractivity contribution in [2.24, 2.45) is 5.10 Å². The lowest BCUT2D eigenvalue weighted by Gasteiger charge is -2.19. The third-order valence-corrected chi connectivity index (χ3v) is 4.96. The molecule has 3 rings (SSSR count). The number of carbonyl (C=O) groups excluding carboxylic acids is 3. The Hall–Kier alpha value is -3.13. The maximum Gasteiger partial charge on any atom is 0.343 e. The summed E-state index contributed by atoms with van der Waals surface area (Å²) in [5, 5.41) is 7.92.